The van der Waals surface area contributed by atoms with E-state index in [1.165, 1.54) is 33.3 Å². The summed E-state index contributed by atoms with van der Waals surface area (Å²) in [6.07, 6.45) is 0. The highest BCUT2D eigenvalue weighted by Crippen LogP contribution is 2.46. The van der Waals surface area contributed by atoms with Crippen LogP contribution < -0.4 is 4.57 Å². The second-order valence-corrected chi connectivity index (χ2v) is 7.80. The van der Waals surface area contributed by atoms with Gasteiger partial charge in [-0.05, 0) is 44.5 Å². The minimum atomic E-state index is -0.0116. The minimum absolute atomic E-state index is 0.0116. The van der Waals surface area contributed by atoms with Gasteiger partial charge in [0.05, 0.1) is 11.0 Å². The molecule has 1 aliphatic heterocycles. The number of pyridine rings is 1. The lowest BCUT2D eigenvalue weighted by atomic mass is 9.65. The van der Waals surface area contributed by atoms with Crippen LogP contribution in [0.3, 0.4) is 0 Å². The highest BCUT2D eigenvalue weighted by atomic mass is 15.1. The van der Waals surface area contributed by atoms with Crippen molar-refractivity contribution >= 4 is 10.9 Å². The van der Waals surface area contributed by atoms with Crippen LogP contribution in [-0.4, -0.2) is 0 Å². The summed E-state index contributed by atoms with van der Waals surface area (Å²) >= 11 is 0. The quantitative estimate of drug-likeness (QED) is 0.507. The van der Waals surface area contributed by atoms with E-state index in [9.17, 15) is 0 Å². The van der Waals surface area contributed by atoms with E-state index in [0.29, 0.717) is 0 Å². The van der Waals surface area contributed by atoms with Crippen LogP contribution in [-0.2, 0) is 11.0 Å². The minimum Gasteiger partial charge on any atom is -0.185 e. The SMILES string of the molecule is Cc1cc2ccccc2[n+]2c1-c1ccccc1C(C)(C)C2(C)C. The molecule has 0 bridgehead atoms. The molecule has 116 valence electrons. The van der Waals surface area contributed by atoms with Crippen LogP contribution in [0.15, 0.2) is 54.6 Å². The molecule has 2 heterocycles. The second kappa shape index (κ2) is 4.44. The molecule has 4 rings (SSSR count). The van der Waals surface area contributed by atoms with Crippen LogP contribution in [0.25, 0.3) is 22.2 Å². The van der Waals surface area contributed by atoms with Crippen molar-refractivity contribution in [2.45, 2.75) is 45.6 Å². The zero-order valence-corrected chi connectivity index (χ0v) is 14.6. The van der Waals surface area contributed by atoms with E-state index in [1.807, 2.05) is 0 Å². The van der Waals surface area contributed by atoms with E-state index < -0.39 is 0 Å². The lowest BCUT2D eigenvalue weighted by Gasteiger charge is -2.43. The zero-order valence-electron chi connectivity index (χ0n) is 14.6. The molecule has 0 N–H and O–H groups in total. The van der Waals surface area contributed by atoms with E-state index >= 15 is 0 Å². The van der Waals surface area contributed by atoms with Crippen molar-refractivity contribution < 1.29 is 4.57 Å². The van der Waals surface area contributed by atoms with Gasteiger partial charge < -0.3 is 0 Å². The summed E-state index contributed by atoms with van der Waals surface area (Å²) < 4.78 is 2.57. The molecule has 0 spiro atoms. The lowest BCUT2D eigenvalue weighted by molar-refractivity contribution is -0.737. The Morgan fingerprint density at radius 3 is 2.26 bits per heavy atom. The van der Waals surface area contributed by atoms with Crippen molar-refractivity contribution in [3.63, 3.8) is 0 Å². The van der Waals surface area contributed by atoms with Gasteiger partial charge in [-0.25, -0.2) is 0 Å². The molecule has 1 heteroatoms. The summed E-state index contributed by atoms with van der Waals surface area (Å²) in [5, 5.41) is 1.32. The van der Waals surface area contributed by atoms with Crippen molar-refractivity contribution in [2.24, 2.45) is 0 Å². The van der Waals surface area contributed by atoms with E-state index in [0.717, 1.165) is 0 Å². The highest BCUT2D eigenvalue weighted by molar-refractivity contribution is 5.80. The molecule has 23 heavy (non-hydrogen) atoms. The van der Waals surface area contributed by atoms with Crippen LogP contribution in [0.5, 0.6) is 0 Å². The highest BCUT2D eigenvalue weighted by Gasteiger charge is 2.53. The Labute approximate surface area is 138 Å². The van der Waals surface area contributed by atoms with Gasteiger partial charge in [0, 0.05) is 30.9 Å². The lowest BCUT2D eigenvalue weighted by Crippen LogP contribution is -2.66. The predicted octanol–water partition coefficient (Wildman–Crippen LogP) is 5.13. The molecular weight excluding hydrogens is 278 g/mol. The molecule has 2 aromatic carbocycles. The Morgan fingerprint density at radius 2 is 1.48 bits per heavy atom. The van der Waals surface area contributed by atoms with Crippen molar-refractivity contribution in [3.05, 3.63) is 65.7 Å². The predicted molar refractivity (Wildman–Crippen MR) is 96.7 cm³/mol. The van der Waals surface area contributed by atoms with Gasteiger partial charge in [-0.1, -0.05) is 30.3 Å². The third-order valence-corrected chi connectivity index (χ3v) is 6.09. The first-order valence-corrected chi connectivity index (χ1v) is 8.40. The van der Waals surface area contributed by atoms with Gasteiger partial charge in [-0.3, -0.25) is 0 Å². The van der Waals surface area contributed by atoms with Crippen LogP contribution in [0.1, 0.15) is 38.8 Å². The molecule has 0 radical (unpaired) electrons. The maximum atomic E-state index is 2.57. The standard InChI is InChI=1S/C22H24N/c1-15-14-16-10-6-9-13-19(16)23-20(15)17-11-7-8-12-18(17)21(2,3)22(23,4)5/h6-14H,1-5H3/q+1. The first kappa shape index (κ1) is 14.4. The van der Waals surface area contributed by atoms with Crippen LogP contribution >= 0.6 is 0 Å². The van der Waals surface area contributed by atoms with Gasteiger partial charge in [-0.2, -0.15) is 4.57 Å². The van der Waals surface area contributed by atoms with E-state index in [2.05, 4.69) is 93.8 Å². The average molecular weight is 302 g/mol. The van der Waals surface area contributed by atoms with Gasteiger partial charge in [-0.15, -0.1) is 0 Å². The molecule has 3 aromatic rings. The van der Waals surface area contributed by atoms with Gasteiger partial charge >= 0.3 is 0 Å². The molecule has 0 amide bonds. The summed E-state index contributed by atoms with van der Waals surface area (Å²) in [4.78, 5) is 0. The van der Waals surface area contributed by atoms with E-state index in [1.54, 1.807) is 0 Å². The topological polar surface area (TPSA) is 3.88 Å². The number of para-hydroxylation sites is 1. The number of nitrogens with zero attached hydrogens (tertiary/aromatic N) is 1. The fourth-order valence-corrected chi connectivity index (χ4v) is 4.17. The van der Waals surface area contributed by atoms with Crippen LogP contribution in [0.4, 0.5) is 0 Å². The molecule has 1 nitrogen and oxygen atoms in total. The average Bonchev–Trinajstić information content (AvgIpc) is 2.52. The zero-order chi connectivity index (χ0) is 16.4. The molecule has 1 aromatic heterocycles. The Hall–Kier alpha value is -2.15. The normalized spacial score (nSPS) is 17.6. The largest absolute Gasteiger partial charge is 0.216 e. The Bertz CT molecular complexity index is 932. The first-order valence-electron chi connectivity index (χ1n) is 8.40. The third kappa shape index (κ3) is 1.71. The fraction of sp³-hybridized carbons (Fsp3) is 0.318. The number of benzene rings is 2. The summed E-state index contributed by atoms with van der Waals surface area (Å²) in [7, 11) is 0. The number of rotatable bonds is 0. The van der Waals surface area contributed by atoms with Crippen molar-refractivity contribution in [2.75, 3.05) is 0 Å². The Kier molecular flexibility index (Phi) is 2.79. The monoisotopic (exact) mass is 302 g/mol. The molecule has 1 aliphatic rings. The molecule has 0 saturated carbocycles. The van der Waals surface area contributed by atoms with E-state index in [4.69, 9.17) is 0 Å². The summed E-state index contributed by atoms with van der Waals surface area (Å²) in [5.41, 5.74) is 6.90. The number of fused-ring (bicyclic) bond motifs is 5. The number of hydrogen-bond donors (Lipinski definition) is 0. The van der Waals surface area contributed by atoms with Gasteiger partial charge in [0.15, 0.2) is 5.54 Å². The summed E-state index contributed by atoms with van der Waals surface area (Å²) in [5.74, 6) is 0. The first-order chi connectivity index (χ1) is 10.9. The van der Waals surface area contributed by atoms with Gasteiger partial charge in [0.25, 0.3) is 0 Å². The van der Waals surface area contributed by atoms with Crippen molar-refractivity contribution in [1.82, 2.24) is 0 Å². The molecule has 0 saturated heterocycles. The van der Waals surface area contributed by atoms with E-state index in [-0.39, 0.29) is 11.0 Å². The van der Waals surface area contributed by atoms with Gasteiger partial charge in [0.1, 0.15) is 0 Å². The smallest absolute Gasteiger partial charge is 0.185 e. The van der Waals surface area contributed by atoms with Crippen molar-refractivity contribution in [3.8, 4) is 11.3 Å². The number of aromatic nitrogens is 1. The molecule has 0 fully saturated rings. The molecular formula is C22H24N+. The number of aryl methyl sites for hydroxylation is 1. The van der Waals surface area contributed by atoms with Crippen LogP contribution in [0.2, 0.25) is 0 Å². The molecule has 0 atom stereocenters. The second-order valence-electron chi connectivity index (χ2n) is 7.80. The maximum absolute atomic E-state index is 2.57. The molecule has 0 unspecified atom stereocenters. The van der Waals surface area contributed by atoms with Crippen LogP contribution in [0, 0.1) is 6.92 Å². The third-order valence-electron chi connectivity index (χ3n) is 6.09. The number of hydrogen-bond acceptors (Lipinski definition) is 0. The Morgan fingerprint density at radius 1 is 0.826 bits per heavy atom. The van der Waals surface area contributed by atoms with Crippen molar-refractivity contribution in [1.29, 1.82) is 0 Å². The molecule has 0 aliphatic carbocycles. The summed E-state index contributed by atoms with van der Waals surface area (Å²) in [6.45, 7) is 11.7. The van der Waals surface area contributed by atoms with Gasteiger partial charge in [0.2, 0.25) is 11.2 Å². The Balaban J connectivity index is 2.27. The fourth-order valence-electron chi connectivity index (χ4n) is 4.17. The maximum Gasteiger partial charge on any atom is 0.216 e. The summed E-state index contributed by atoms with van der Waals surface area (Å²) in [6, 6.07) is 20.0.